The molecule has 102 valence electrons. The molecule has 7 heteroatoms. The van der Waals surface area contributed by atoms with Crippen molar-refractivity contribution in [3.05, 3.63) is 24.3 Å². The van der Waals surface area contributed by atoms with E-state index in [-0.39, 0.29) is 35.4 Å². The fraction of sp³-hybridized carbons (Fsp3) is 0.250. The molecule has 2 N–H and O–H groups in total. The maximum atomic E-state index is 12.3. The van der Waals surface area contributed by atoms with Crippen LogP contribution in [0.3, 0.4) is 0 Å². The Kier molecular flexibility index (Phi) is 5.73. The number of rotatable bonds is 5. The quantitative estimate of drug-likeness (QED) is 0.497. The highest BCUT2D eigenvalue weighted by atomic mass is 32.2. The lowest BCUT2D eigenvalue weighted by molar-refractivity contribution is -0.115. The first-order valence-electron chi connectivity index (χ1n) is 5.21. The lowest BCUT2D eigenvalue weighted by Crippen LogP contribution is -2.28. The molecule has 0 aromatic heterocycles. The Morgan fingerprint density at radius 3 is 2.68 bits per heavy atom. The van der Waals surface area contributed by atoms with E-state index in [1.54, 1.807) is 6.07 Å². The number of nitrogens with one attached hydrogen (secondary N) is 2. The van der Waals surface area contributed by atoms with Gasteiger partial charge in [-0.25, -0.2) is 0 Å². The predicted molar refractivity (Wildman–Crippen MR) is 68.7 cm³/mol. The lowest BCUT2D eigenvalue weighted by Gasteiger charge is -2.12. The Hall–Kier alpha value is -1.65. The summed E-state index contributed by atoms with van der Waals surface area (Å²) in [6.07, 6.45) is 4.99. The molecule has 0 aliphatic rings. The Morgan fingerprint density at radius 1 is 1.37 bits per heavy atom. The third-order valence-corrected chi connectivity index (χ3v) is 2.71. The predicted octanol–water partition coefficient (Wildman–Crippen LogP) is 2.46. The summed E-state index contributed by atoms with van der Waals surface area (Å²) in [5.41, 5.74) is -4.28. The molecular formula is C12H11F3N2OS. The molecule has 0 aliphatic heterocycles. The minimum Gasteiger partial charge on any atom is -0.324 e. The van der Waals surface area contributed by atoms with Crippen molar-refractivity contribution >= 4 is 23.4 Å². The van der Waals surface area contributed by atoms with E-state index in [1.165, 1.54) is 18.2 Å². The van der Waals surface area contributed by atoms with Crippen LogP contribution in [0.25, 0.3) is 0 Å². The van der Waals surface area contributed by atoms with Gasteiger partial charge < -0.3 is 5.32 Å². The van der Waals surface area contributed by atoms with E-state index >= 15 is 0 Å². The maximum Gasteiger partial charge on any atom is 0.446 e. The van der Waals surface area contributed by atoms with Crippen LogP contribution in [0.1, 0.15) is 0 Å². The number of hydrogen-bond donors (Lipinski definition) is 2. The van der Waals surface area contributed by atoms with Crippen molar-refractivity contribution in [3.8, 4) is 12.3 Å². The summed E-state index contributed by atoms with van der Waals surface area (Å²) in [6, 6.07) is 5.72. The number of para-hydroxylation sites is 1. The molecule has 0 radical (unpaired) electrons. The summed E-state index contributed by atoms with van der Waals surface area (Å²) in [7, 11) is 0. The summed E-state index contributed by atoms with van der Waals surface area (Å²) in [4.78, 5) is 11.4. The molecule has 0 unspecified atom stereocenters. The fourth-order valence-corrected chi connectivity index (χ4v) is 1.85. The second-order valence-corrected chi connectivity index (χ2v) is 4.51. The highest BCUT2D eigenvalue weighted by Gasteiger charge is 2.30. The van der Waals surface area contributed by atoms with Crippen LogP contribution in [-0.2, 0) is 4.79 Å². The molecule has 0 bridgehead atoms. The maximum absolute atomic E-state index is 12.3. The summed E-state index contributed by atoms with van der Waals surface area (Å²) in [6.45, 7) is 0.154. The molecule has 0 aliphatic carbocycles. The van der Waals surface area contributed by atoms with Crippen LogP contribution in [-0.4, -0.2) is 24.5 Å². The Morgan fingerprint density at radius 2 is 2.05 bits per heavy atom. The van der Waals surface area contributed by atoms with Gasteiger partial charge in [0.2, 0.25) is 5.91 Å². The minimum absolute atomic E-state index is 0.0553. The van der Waals surface area contributed by atoms with Crippen molar-refractivity contribution in [1.29, 1.82) is 0 Å². The highest BCUT2D eigenvalue weighted by Crippen LogP contribution is 2.40. The first-order chi connectivity index (χ1) is 8.92. The smallest absolute Gasteiger partial charge is 0.324 e. The van der Waals surface area contributed by atoms with Crippen LogP contribution in [0.4, 0.5) is 18.9 Å². The van der Waals surface area contributed by atoms with E-state index < -0.39 is 11.4 Å². The first kappa shape index (κ1) is 15.4. The van der Waals surface area contributed by atoms with Gasteiger partial charge in [-0.3, -0.25) is 10.1 Å². The van der Waals surface area contributed by atoms with Gasteiger partial charge in [0.05, 0.1) is 18.8 Å². The van der Waals surface area contributed by atoms with Gasteiger partial charge in [-0.1, -0.05) is 18.1 Å². The zero-order valence-electron chi connectivity index (χ0n) is 9.75. The second-order valence-electron chi connectivity index (χ2n) is 3.40. The number of carbonyl (C=O) groups is 1. The molecule has 19 heavy (non-hydrogen) atoms. The van der Waals surface area contributed by atoms with Crippen LogP contribution >= 0.6 is 11.8 Å². The molecule has 0 saturated heterocycles. The van der Waals surface area contributed by atoms with Crippen molar-refractivity contribution in [1.82, 2.24) is 5.32 Å². The third-order valence-electron chi connectivity index (χ3n) is 1.90. The fourth-order valence-electron chi connectivity index (χ4n) is 1.23. The summed E-state index contributed by atoms with van der Waals surface area (Å²) in [5, 5.41) is 5.05. The average molecular weight is 288 g/mol. The van der Waals surface area contributed by atoms with Gasteiger partial charge in [0.15, 0.2) is 0 Å². The van der Waals surface area contributed by atoms with E-state index in [0.717, 1.165) is 0 Å². The molecule has 0 spiro atoms. The van der Waals surface area contributed by atoms with E-state index in [1.807, 2.05) is 0 Å². The van der Waals surface area contributed by atoms with Crippen LogP contribution in [0.15, 0.2) is 29.2 Å². The number of terminal acetylenes is 1. The van der Waals surface area contributed by atoms with Crippen molar-refractivity contribution in [2.24, 2.45) is 0 Å². The normalized spacial score (nSPS) is 10.8. The summed E-state index contributed by atoms with van der Waals surface area (Å²) >= 11 is -0.270. The zero-order valence-corrected chi connectivity index (χ0v) is 10.6. The number of amides is 1. The van der Waals surface area contributed by atoms with Gasteiger partial charge in [-0.2, -0.15) is 13.2 Å². The van der Waals surface area contributed by atoms with Crippen molar-refractivity contribution in [2.75, 3.05) is 18.4 Å². The zero-order chi connectivity index (χ0) is 14.3. The summed E-state index contributed by atoms with van der Waals surface area (Å²) in [5.74, 6) is 1.83. The number of hydrogen-bond acceptors (Lipinski definition) is 3. The number of anilines is 1. The van der Waals surface area contributed by atoms with Crippen LogP contribution in [0.5, 0.6) is 0 Å². The largest absolute Gasteiger partial charge is 0.446 e. The number of halogens is 3. The summed E-state index contributed by atoms with van der Waals surface area (Å²) < 4.78 is 37.0. The molecule has 0 atom stereocenters. The standard InChI is InChI=1S/C12H11F3N2OS/c1-2-7-16-8-11(18)17-9-5-3-4-6-10(9)19-12(13,14)15/h1,3-6,16H,7-8H2,(H,17,18). The highest BCUT2D eigenvalue weighted by molar-refractivity contribution is 8.00. The SMILES string of the molecule is C#CCNCC(=O)Nc1ccccc1SC(F)(F)F. The number of alkyl halides is 3. The lowest BCUT2D eigenvalue weighted by atomic mass is 10.3. The molecule has 0 heterocycles. The molecule has 1 rings (SSSR count). The molecule has 3 nitrogen and oxygen atoms in total. The third kappa shape index (κ3) is 6.18. The molecular weight excluding hydrogens is 277 g/mol. The minimum atomic E-state index is -4.40. The second kappa shape index (κ2) is 7.07. The van der Waals surface area contributed by atoms with Gasteiger partial charge in [0.1, 0.15) is 0 Å². The van der Waals surface area contributed by atoms with Crippen LogP contribution in [0, 0.1) is 12.3 Å². The van der Waals surface area contributed by atoms with Crippen molar-refractivity contribution < 1.29 is 18.0 Å². The molecule has 1 aromatic carbocycles. The van der Waals surface area contributed by atoms with E-state index in [9.17, 15) is 18.0 Å². The van der Waals surface area contributed by atoms with Crippen LogP contribution in [0.2, 0.25) is 0 Å². The van der Waals surface area contributed by atoms with Gasteiger partial charge >= 0.3 is 5.51 Å². The van der Waals surface area contributed by atoms with Gasteiger partial charge in [-0.15, -0.1) is 6.42 Å². The van der Waals surface area contributed by atoms with Gasteiger partial charge in [0, 0.05) is 4.90 Å². The Bertz CT molecular complexity index is 483. The van der Waals surface area contributed by atoms with Crippen molar-refractivity contribution in [2.45, 2.75) is 10.4 Å². The Balaban J connectivity index is 2.68. The first-order valence-corrected chi connectivity index (χ1v) is 6.03. The van der Waals surface area contributed by atoms with E-state index in [0.29, 0.717) is 0 Å². The Labute approximate surface area is 113 Å². The van der Waals surface area contributed by atoms with E-state index in [4.69, 9.17) is 6.42 Å². The van der Waals surface area contributed by atoms with Crippen LogP contribution < -0.4 is 10.6 Å². The van der Waals surface area contributed by atoms with Gasteiger partial charge in [-0.05, 0) is 23.9 Å². The number of thioether (sulfide) groups is 1. The topological polar surface area (TPSA) is 41.1 Å². The average Bonchev–Trinajstić information content (AvgIpc) is 2.30. The molecule has 1 amide bonds. The molecule has 0 saturated carbocycles. The van der Waals surface area contributed by atoms with Gasteiger partial charge in [0.25, 0.3) is 0 Å². The molecule has 1 aromatic rings. The molecule has 0 fully saturated rings. The van der Waals surface area contributed by atoms with Crippen molar-refractivity contribution in [3.63, 3.8) is 0 Å². The number of carbonyl (C=O) groups excluding carboxylic acids is 1. The van der Waals surface area contributed by atoms with E-state index in [2.05, 4.69) is 16.6 Å². The monoisotopic (exact) mass is 288 g/mol. The number of benzene rings is 1.